The Morgan fingerprint density at radius 3 is 2.61 bits per heavy atom. The molecule has 6 heteroatoms. The largest absolute Gasteiger partial charge is 0.351 e. The van der Waals surface area contributed by atoms with E-state index in [1.54, 1.807) is 31.3 Å². The zero-order chi connectivity index (χ0) is 17.0. The Labute approximate surface area is 136 Å². The smallest absolute Gasteiger partial charge is 0.274 e. The summed E-state index contributed by atoms with van der Waals surface area (Å²) in [5.41, 5.74) is 0.0932. The van der Waals surface area contributed by atoms with Crippen LogP contribution < -0.4 is 10.9 Å². The molecule has 0 unspecified atom stereocenters. The number of fused-ring (bicyclic) bond motifs is 1. The molecule has 0 atom stereocenters. The number of rotatable bonds is 6. The first-order valence-electron chi connectivity index (χ1n) is 7.86. The van der Waals surface area contributed by atoms with Gasteiger partial charge < -0.3 is 10.2 Å². The molecule has 124 valence electrons. The predicted molar refractivity (Wildman–Crippen MR) is 91.7 cm³/mol. The average Bonchev–Trinajstić information content (AvgIpc) is 2.54. The highest BCUT2D eigenvalue weighted by Gasteiger charge is 2.15. The zero-order valence-electron chi connectivity index (χ0n) is 14.2. The molecular weight excluding hydrogens is 292 g/mol. The molecule has 0 radical (unpaired) electrons. The van der Waals surface area contributed by atoms with Crippen molar-refractivity contribution in [2.75, 3.05) is 20.1 Å². The molecule has 1 aromatic carbocycles. The van der Waals surface area contributed by atoms with Crippen LogP contribution in [0.3, 0.4) is 0 Å². The van der Waals surface area contributed by atoms with Crippen LogP contribution in [-0.4, -0.2) is 46.8 Å². The fourth-order valence-electron chi connectivity index (χ4n) is 2.34. The van der Waals surface area contributed by atoms with E-state index in [0.717, 1.165) is 13.0 Å². The first kappa shape index (κ1) is 17.1. The van der Waals surface area contributed by atoms with Crippen molar-refractivity contribution in [3.63, 3.8) is 0 Å². The maximum atomic E-state index is 12.4. The molecule has 0 fully saturated rings. The Morgan fingerprint density at radius 1 is 1.30 bits per heavy atom. The summed E-state index contributed by atoms with van der Waals surface area (Å²) in [5, 5.41) is 8.11. The van der Waals surface area contributed by atoms with Gasteiger partial charge in [-0.3, -0.25) is 9.59 Å². The van der Waals surface area contributed by atoms with E-state index in [1.165, 1.54) is 4.68 Å². The van der Waals surface area contributed by atoms with E-state index in [9.17, 15) is 9.59 Å². The fourth-order valence-corrected chi connectivity index (χ4v) is 2.34. The summed E-state index contributed by atoms with van der Waals surface area (Å²) in [4.78, 5) is 26.7. The molecule has 1 aromatic heterocycles. The van der Waals surface area contributed by atoms with E-state index in [4.69, 9.17) is 0 Å². The maximum absolute atomic E-state index is 12.4. The number of carbonyl (C=O) groups excluding carboxylic acids is 1. The maximum Gasteiger partial charge on any atom is 0.274 e. The Kier molecular flexibility index (Phi) is 5.50. The SMILES string of the molecule is CC(C)N(C)CCCNC(=O)c1nn(C)c(=O)c2ccccc12. The second-order valence-electron chi connectivity index (χ2n) is 6.01. The summed E-state index contributed by atoms with van der Waals surface area (Å²) in [6, 6.07) is 7.55. The van der Waals surface area contributed by atoms with Crippen molar-refractivity contribution in [1.82, 2.24) is 20.0 Å². The molecule has 1 heterocycles. The minimum atomic E-state index is -0.246. The van der Waals surface area contributed by atoms with Gasteiger partial charge in [0.05, 0.1) is 5.39 Å². The molecule has 0 aliphatic carbocycles. The van der Waals surface area contributed by atoms with Crippen molar-refractivity contribution >= 4 is 16.7 Å². The van der Waals surface area contributed by atoms with Crippen LogP contribution in [0.15, 0.2) is 29.1 Å². The van der Waals surface area contributed by atoms with Gasteiger partial charge in [0.2, 0.25) is 0 Å². The average molecular weight is 316 g/mol. The lowest BCUT2D eigenvalue weighted by Gasteiger charge is -2.20. The van der Waals surface area contributed by atoms with Gasteiger partial charge in [0.1, 0.15) is 0 Å². The third-order valence-corrected chi connectivity index (χ3v) is 4.03. The Morgan fingerprint density at radius 2 is 1.96 bits per heavy atom. The third kappa shape index (κ3) is 3.96. The van der Waals surface area contributed by atoms with Gasteiger partial charge in [-0.15, -0.1) is 0 Å². The van der Waals surface area contributed by atoms with Crippen molar-refractivity contribution in [2.45, 2.75) is 26.3 Å². The van der Waals surface area contributed by atoms with Crippen molar-refractivity contribution in [2.24, 2.45) is 7.05 Å². The molecule has 2 aromatic rings. The third-order valence-electron chi connectivity index (χ3n) is 4.03. The molecule has 0 saturated carbocycles. The highest BCUT2D eigenvalue weighted by molar-refractivity contribution is 6.04. The van der Waals surface area contributed by atoms with Gasteiger partial charge in [0.15, 0.2) is 5.69 Å². The van der Waals surface area contributed by atoms with Gasteiger partial charge >= 0.3 is 0 Å². The van der Waals surface area contributed by atoms with Gasteiger partial charge in [-0.25, -0.2) is 4.68 Å². The summed E-state index contributed by atoms with van der Waals surface area (Å²) >= 11 is 0. The van der Waals surface area contributed by atoms with E-state index in [-0.39, 0.29) is 11.5 Å². The quantitative estimate of drug-likeness (QED) is 0.818. The molecule has 2 rings (SSSR count). The van der Waals surface area contributed by atoms with E-state index >= 15 is 0 Å². The van der Waals surface area contributed by atoms with Crippen LogP contribution in [-0.2, 0) is 7.05 Å². The molecule has 0 aliphatic heterocycles. The van der Waals surface area contributed by atoms with Gasteiger partial charge in [-0.05, 0) is 39.9 Å². The number of nitrogens with zero attached hydrogens (tertiary/aromatic N) is 3. The predicted octanol–water partition coefficient (Wildman–Crippen LogP) is 1.39. The first-order valence-corrected chi connectivity index (χ1v) is 7.86. The summed E-state index contributed by atoms with van der Waals surface area (Å²) in [6.07, 6.45) is 0.865. The van der Waals surface area contributed by atoms with Crippen LogP contribution in [0.25, 0.3) is 10.8 Å². The second kappa shape index (κ2) is 7.37. The van der Waals surface area contributed by atoms with E-state index < -0.39 is 0 Å². The number of aryl methyl sites for hydroxylation is 1. The van der Waals surface area contributed by atoms with Gasteiger partial charge in [-0.2, -0.15) is 5.10 Å². The number of nitrogens with one attached hydrogen (secondary N) is 1. The molecule has 0 saturated heterocycles. The lowest BCUT2D eigenvalue weighted by molar-refractivity contribution is 0.0946. The number of hydrogen-bond acceptors (Lipinski definition) is 4. The van der Waals surface area contributed by atoms with Crippen molar-refractivity contribution in [3.05, 3.63) is 40.3 Å². The highest BCUT2D eigenvalue weighted by atomic mass is 16.2. The summed E-state index contributed by atoms with van der Waals surface area (Å²) in [6.45, 7) is 5.77. The van der Waals surface area contributed by atoms with Crippen LogP contribution in [0, 0.1) is 0 Å². The normalized spacial score (nSPS) is 11.4. The molecule has 6 nitrogen and oxygen atoms in total. The molecule has 0 bridgehead atoms. The van der Waals surface area contributed by atoms with Gasteiger partial charge in [-0.1, -0.05) is 18.2 Å². The number of benzene rings is 1. The van der Waals surface area contributed by atoms with Crippen LogP contribution in [0.1, 0.15) is 30.8 Å². The molecule has 1 N–H and O–H groups in total. The molecule has 23 heavy (non-hydrogen) atoms. The summed E-state index contributed by atoms with van der Waals surface area (Å²) in [7, 11) is 3.62. The summed E-state index contributed by atoms with van der Waals surface area (Å²) in [5.74, 6) is -0.246. The molecule has 0 aliphatic rings. The highest BCUT2D eigenvalue weighted by Crippen LogP contribution is 2.12. The number of amides is 1. The molecule has 1 amide bonds. The van der Waals surface area contributed by atoms with Crippen molar-refractivity contribution in [1.29, 1.82) is 0 Å². The Bertz CT molecular complexity index is 752. The first-order chi connectivity index (χ1) is 10.9. The number of hydrogen-bond donors (Lipinski definition) is 1. The minimum absolute atomic E-state index is 0.198. The second-order valence-corrected chi connectivity index (χ2v) is 6.01. The Hall–Kier alpha value is -2.21. The van der Waals surface area contributed by atoms with Crippen LogP contribution >= 0.6 is 0 Å². The van der Waals surface area contributed by atoms with Gasteiger partial charge in [0.25, 0.3) is 11.5 Å². The number of carbonyl (C=O) groups is 1. The minimum Gasteiger partial charge on any atom is -0.351 e. The van der Waals surface area contributed by atoms with Gasteiger partial charge in [0, 0.05) is 25.0 Å². The van der Waals surface area contributed by atoms with E-state index in [1.807, 2.05) is 0 Å². The van der Waals surface area contributed by atoms with Crippen LogP contribution in [0.4, 0.5) is 0 Å². The lowest BCUT2D eigenvalue weighted by atomic mass is 10.1. The lowest BCUT2D eigenvalue weighted by Crippen LogP contribution is -2.33. The van der Waals surface area contributed by atoms with Crippen LogP contribution in [0.2, 0.25) is 0 Å². The van der Waals surface area contributed by atoms with Crippen molar-refractivity contribution < 1.29 is 4.79 Å². The van der Waals surface area contributed by atoms with Crippen molar-refractivity contribution in [3.8, 4) is 0 Å². The molecule has 0 spiro atoms. The Balaban J connectivity index is 2.10. The molecular formula is C17H24N4O2. The number of aromatic nitrogens is 2. The van der Waals surface area contributed by atoms with E-state index in [2.05, 4.69) is 36.2 Å². The topological polar surface area (TPSA) is 67.2 Å². The monoisotopic (exact) mass is 316 g/mol. The summed E-state index contributed by atoms with van der Waals surface area (Å²) < 4.78 is 1.21. The van der Waals surface area contributed by atoms with E-state index in [0.29, 0.717) is 29.1 Å². The zero-order valence-corrected chi connectivity index (χ0v) is 14.2. The standard InChI is InChI=1S/C17H24N4O2/c1-12(2)20(3)11-7-10-18-16(22)15-13-8-5-6-9-14(13)17(23)21(4)19-15/h5-6,8-9,12H,7,10-11H2,1-4H3,(H,18,22). The fraction of sp³-hybridized carbons (Fsp3) is 0.471. The van der Waals surface area contributed by atoms with Crippen LogP contribution in [0.5, 0.6) is 0 Å².